The molecule has 84 valence electrons. The van der Waals surface area contributed by atoms with Gasteiger partial charge in [-0.25, -0.2) is 4.39 Å². The van der Waals surface area contributed by atoms with Crippen LogP contribution in [0.25, 0.3) is 5.57 Å². The number of hydrogen-bond acceptors (Lipinski definition) is 1. The molecular weight excluding hydrogens is 201 g/mol. The van der Waals surface area contributed by atoms with Gasteiger partial charge in [-0.3, -0.25) is 0 Å². The molecule has 1 fully saturated rings. The van der Waals surface area contributed by atoms with E-state index in [1.54, 1.807) is 6.07 Å². The van der Waals surface area contributed by atoms with Crippen molar-refractivity contribution in [3.63, 3.8) is 0 Å². The molecule has 1 N–H and O–H groups in total. The highest BCUT2D eigenvalue weighted by atomic mass is 19.1. The molecule has 2 bridgehead atoms. The smallest absolute Gasteiger partial charge is 0.126 e. The van der Waals surface area contributed by atoms with Crippen molar-refractivity contribution < 1.29 is 4.39 Å². The molecule has 1 aromatic rings. The number of aryl methyl sites for hydroxylation is 1. The highest BCUT2D eigenvalue weighted by Crippen LogP contribution is 2.32. The summed E-state index contributed by atoms with van der Waals surface area (Å²) < 4.78 is 13.2. The molecule has 2 heteroatoms. The molecule has 0 saturated carbocycles. The van der Waals surface area contributed by atoms with Crippen molar-refractivity contribution >= 4 is 5.57 Å². The van der Waals surface area contributed by atoms with Gasteiger partial charge < -0.3 is 5.32 Å². The summed E-state index contributed by atoms with van der Waals surface area (Å²) >= 11 is 0. The fourth-order valence-corrected chi connectivity index (χ4v) is 2.78. The van der Waals surface area contributed by atoms with Gasteiger partial charge in [-0.15, -0.1) is 0 Å². The van der Waals surface area contributed by atoms with E-state index >= 15 is 0 Å². The second-order valence-corrected chi connectivity index (χ2v) is 4.91. The summed E-state index contributed by atoms with van der Waals surface area (Å²) in [6.07, 6.45) is 5.91. The summed E-state index contributed by atoms with van der Waals surface area (Å²) in [6.45, 7) is 1.83. The summed E-state index contributed by atoms with van der Waals surface area (Å²) in [5, 5.41) is 3.57. The van der Waals surface area contributed by atoms with Gasteiger partial charge in [-0.1, -0.05) is 12.1 Å². The van der Waals surface area contributed by atoms with Gasteiger partial charge >= 0.3 is 0 Å². The largest absolute Gasteiger partial charge is 0.307 e. The molecule has 0 aliphatic carbocycles. The Balaban J connectivity index is 1.95. The Morgan fingerprint density at radius 2 is 2.19 bits per heavy atom. The predicted molar refractivity (Wildman–Crippen MR) is 63.7 cm³/mol. The summed E-state index contributed by atoms with van der Waals surface area (Å²) in [4.78, 5) is 0. The maximum atomic E-state index is 13.2. The summed E-state index contributed by atoms with van der Waals surface area (Å²) in [5.41, 5.74) is 3.32. The van der Waals surface area contributed by atoms with E-state index < -0.39 is 0 Å². The Morgan fingerprint density at radius 1 is 1.31 bits per heavy atom. The standard InChI is InChI=1S/C14H16FN/c1-9-6-10(2-5-14(9)15)11-7-12-3-4-13(8-11)16-12/h2,5-7,12-13,16H,3-4,8H2,1H3. The number of fused-ring (bicyclic) bond motifs is 2. The van der Waals surface area contributed by atoms with E-state index in [-0.39, 0.29) is 5.82 Å². The third-order valence-corrected chi connectivity index (χ3v) is 3.67. The minimum Gasteiger partial charge on any atom is -0.307 e. The maximum absolute atomic E-state index is 13.2. The summed E-state index contributed by atoms with van der Waals surface area (Å²) in [7, 11) is 0. The van der Waals surface area contributed by atoms with Crippen LogP contribution >= 0.6 is 0 Å². The summed E-state index contributed by atoms with van der Waals surface area (Å²) in [6, 6.07) is 6.62. The van der Waals surface area contributed by atoms with Crippen LogP contribution in [-0.4, -0.2) is 12.1 Å². The zero-order chi connectivity index (χ0) is 11.1. The van der Waals surface area contributed by atoms with E-state index in [4.69, 9.17) is 0 Å². The van der Waals surface area contributed by atoms with Gasteiger partial charge in [0.25, 0.3) is 0 Å². The van der Waals surface area contributed by atoms with Crippen LogP contribution in [0.1, 0.15) is 30.4 Å². The molecule has 0 aromatic heterocycles. The highest BCUT2D eigenvalue weighted by molar-refractivity contribution is 5.68. The van der Waals surface area contributed by atoms with Crippen LogP contribution in [0.15, 0.2) is 24.3 Å². The van der Waals surface area contributed by atoms with Crippen molar-refractivity contribution in [3.8, 4) is 0 Å². The van der Waals surface area contributed by atoms with Gasteiger partial charge in [0.05, 0.1) is 0 Å². The van der Waals surface area contributed by atoms with Crippen LogP contribution in [0, 0.1) is 12.7 Å². The van der Waals surface area contributed by atoms with Crippen LogP contribution in [0.2, 0.25) is 0 Å². The lowest BCUT2D eigenvalue weighted by Gasteiger charge is -2.21. The third-order valence-electron chi connectivity index (χ3n) is 3.67. The molecule has 1 saturated heterocycles. The predicted octanol–water partition coefficient (Wildman–Crippen LogP) is 3.04. The van der Waals surface area contributed by atoms with Gasteiger partial charge in [-0.05, 0) is 55.0 Å². The van der Waals surface area contributed by atoms with E-state index in [1.165, 1.54) is 24.0 Å². The van der Waals surface area contributed by atoms with Crippen LogP contribution in [0.5, 0.6) is 0 Å². The summed E-state index contributed by atoms with van der Waals surface area (Å²) in [5.74, 6) is -0.110. The fraction of sp³-hybridized carbons (Fsp3) is 0.429. The highest BCUT2D eigenvalue weighted by Gasteiger charge is 2.28. The van der Waals surface area contributed by atoms with Crippen LogP contribution < -0.4 is 5.32 Å². The van der Waals surface area contributed by atoms with Crippen molar-refractivity contribution in [1.82, 2.24) is 5.32 Å². The first-order valence-electron chi connectivity index (χ1n) is 5.95. The number of benzene rings is 1. The quantitative estimate of drug-likeness (QED) is 0.762. The Kier molecular flexibility index (Phi) is 2.32. The topological polar surface area (TPSA) is 12.0 Å². The second-order valence-electron chi connectivity index (χ2n) is 4.91. The molecular formula is C14H16FN. The molecule has 2 aliphatic heterocycles. The zero-order valence-electron chi connectivity index (χ0n) is 9.46. The lowest BCUT2D eigenvalue weighted by Crippen LogP contribution is -2.31. The monoisotopic (exact) mass is 217 g/mol. The first-order chi connectivity index (χ1) is 7.72. The molecule has 0 radical (unpaired) electrons. The number of rotatable bonds is 1. The Morgan fingerprint density at radius 3 is 2.94 bits per heavy atom. The van der Waals surface area contributed by atoms with Crippen molar-refractivity contribution in [2.75, 3.05) is 0 Å². The molecule has 0 spiro atoms. The molecule has 2 aliphatic rings. The van der Waals surface area contributed by atoms with Crippen molar-refractivity contribution in [2.24, 2.45) is 0 Å². The normalized spacial score (nSPS) is 28.0. The molecule has 1 nitrogen and oxygen atoms in total. The van der Waals surface area contributed by atoms with E-state index in [9.17, 15) is 4.39 Å². The molecule has 16 heavy (non-hydrogen) atoms. The van der Waals surface area contributed by atoms with Crippen molar-refractivity contribution in [2.45, 2.75) is 38.3 Å². The third kappa shape index (κ3) is 1.67. The number of hydrogen-bond donors (Lipinski definition) is 1. The maximum Gasteiger partial charge on any atom is 0.126 e. The van der Waals surface area contributed by atoms with Crippen LogP contribution in [-0.2, 0) is 0 Å². The number of nitrogens with one attached hydrogen (secondary N) is 1. The van der Waals surface area contributed by atoms with Crippen LogP contribution in [0.4, 0.5) is 4.39 Å². The SMILES string of the molecule is Cc1cc(C2=CC3CCC(C2)N3)ccc1F. The molecule has 2 heterocycles. The fourth-order valence-electron chi connectivity index (χ4n) is 2.78. The van der Waals surface area contributed by atoms with Gasteiger partial charge in [0.1, 0.15) is 5.82 Å². The van der Waals surface area contributed by atoms with E-state index in [0.717, 1.165) is 12.0 Å². The van der Waals surface area contributed by atoms with E-state index in [1.807, 2.05) is 19.1 Å². The minimum atomic E-state index is -0.110. The Labute approximate surface area is 95.4 Å². The molecule has 3 rings (SSSR count). The van der Waals surface area contributed by atoms with Gasteiger partial charge in [0.2, 0.25) is 0 Å². The minimum absolute atomic E-state index is 0.110. The second kappa shape index (κ2) is 3.70. The molecule has 2 atom stereocenters. The first kappa shape index (κ1) is 10.0. The molecule has 1 aromatic carbocycles. The van der Waals surface area contributed by atoms with Gasteiger partial charge in [0.15, 0.2) is 0 Å². The van der Waals surface area contributed by atoms with Crippen molar-refractivity contribution in [1.29, 1.82) is 0 Å². The van der Waals surface area contributed by atoms with E-state index in [0.29, 0.717) is 12.1 Å². The van der Waals surface area contributed by atoms with Crippen molar-refractivity contribution in [3.05, 3.63) is 41.2 Å². The van der Waals surface area contributed by atoms with Gasteiger partial charge in [0, 0.05) is 12.1 Å². The molecule has 2 unspecified atom stereocenters. The lowest BCUT2D eigenvalue weighted by atomic mass is 9.95. The van der Waals surface area contributed by atoms with E-state index in [2.05, 4.69) is 11.4 Å². The average Bonchev–Trinajstić information content (AvgIpc) is 2.62. The average molecular weight is 217 g/mol. The Bertz CT molecular complexity index is 450. The first-order valence-corrected chi connectivity index (χ1v) is 5.95. The lowest BCUT2D eigenvalue weighted by molar-refractivity contribution is 0.575. The zero-order valence-corrected chi connectivity index (χ0v) is 9.46. The van der Waals surface area contributed by atoms with Crippen LogP contribution in [0.3, 0.4) is 0 Å². The van der Waals surface area contributed by atoms with Gasteiger partial charge in [-0.2, -0.15) is 0 Å². The number of halogens is 1. The Hall–Kier alpha value is -1.15. The molecule has 0 amide bonds.